The van der Waals surface area contributed by atoms with Crippen molar-refractivity contribution >= 4 is 28.6 Å². The van der Waals surface area contributed by atoms with E-state index >= 15 is 0 Å². The monoisotopic (exact) mass is 257 g/mol. The van der Waals surface area contributed by atoms with Gasteiger partial charge in [-0.05, 0) is 37.6 Å². The Labute approximate surface area is 112 Å². The second kappa shape index (κ2) is 5.14. The fourth-order valence-electron chi connectivity index (χ4n) is 1.73. The number of nitrogens with one attached hydrogen (secondary N) is 1. The Hall–Kier alpha value is -1.94. The summed E-state index contributed by atoms with van der Waals surface area (Å²) in [6.45, 7) is 3.98. The zero-order valence-electron chi connectivity index (χ0n) is 10.4. The van der Waals surface area contributed by atoms with Crippen LogP contribution in [0.3, 0.4) is 0 Å². The number of aromatic nitrogens is 1. The summed E-state index contributed by atoms with van der Waals surface area (Å²) in [7, 11) is 0. The Balaban J connectivity index is 2.39. The Kier molecular flexibility index (Phi) is 3.58. The van der Waals surface area contributed by atoms with Crippen LogP contribution in [0.1, 0.15) is 16.8 Å². The molecular weight excluding hydrogens is 242 g/mol. The zero-order valence-corrected chi connectivity index (χ0v) is 11.2. The van der Waals surface area contributed by atoms with Gasteiger partial charge in [0.05, 0.1) is 17.6 Å². The molecule has 0 unspecified atom stereocenters. The molecule has 3 nitrogen and oxygen atoms in total. The first-order valence-electron chi connectivity index (χ1n) is 5.67. The number of anilines is 2. The lowest BCUT2D eigenvalue weighted by molar-refractivity contribution is 1.20. The smallest absolute Gasteiger partial charge is 0.106 e. The van der Waals surface area contributed by atoms with Gasteiger partial charge in [-0.25, -0.2) is 0 Å². The van der Waals surface area contributed by atoms with E-state index in [0.717, 1.165) is 28.2 Å². The molecule has 0 fully saturated rings. The molecular formula is C14H15N3S. The highest BCUT2D eigenvalue weighted by Gasteiger charge is 2.08. The minimum atomic E-state index is 0.390. The summed E-state index contributed by atoms with van der Waals surface area (Å²) >= 11 is 5.07. The third-order valence-corrected chi connectivity index (χ3v) is 2.94. The number of nitrogens with two attached hydrogens (primary N) is 1. The van der Waals surface area contributed by atoms with E-state index in [1.807, 2.05) is 44.2 Å². The lowest BCUT2D eigenvalue weighted by Gasteiger charge is -2.14. The van der Waals surface area contributed by atoms with E-state index in [0.29, 0.717) is 4.99 Å². The van der Waals surface area contributed by atoms with Gasteiger partial charge < -0.3 is 11.1 Å². The molecule has 18 heavy (non-hydrogen) atoms. The zero-order chi connectivity index (χ0) is 13.1. The van der Waals surface area contributed by atoms with Gasteiger partial charge in [0.1, 0.15) is 4.99 Å². The van der Waals surface area contributed by atoms with Gasteiger partial charge in [0.25, 0.3) is 0 Å². The number of aryl methyl sites for hydroxylation is 2. The number of hydrogen-bond donors (Lipinski definition) is 2. The van der Waals surface area contributed by atoms with Crippen LogP contribution in [-0.4, -0.2) is 9.97 Å². The van der Waals surface area contributed by atoms with Gasteiger partial charge in [0.2, 0.25) is 0 Å². The van der Waals surface area contributed by atoms with Gasteiger partial charge in [-0.1, -0.05) is 24.4 Å². The van der Waals surface area contributed by atoms with E-state index in [4.69, 9.17) is 18.0 Å². The number of rotatable bonds is 3. The van der Waals surface area contributed by atoms with Crippen LogP contribution in [0.15, 0.2) is 36.5 Å². The highest BCUT2D eigenvalue weighted by molar-refractivity contribution is 7.80. The van der Waals surface area contributed by atoms with E-state index in [-0.39, 0.29) is 0 Å². The average molecular weight is 257 g/mol. The minimum absolute atomic E-state index is 0.390. The fourth-order valence-corrected chi connectivity index (χ4v) is 1.90. The van der Waals surface area contributed by atoms with Gasteiger partial charge in [-0.3, -0.25) is 4.98 Å². The maximum Gasteiger partial charge on any atom is 0.106 e. The van der Waals surface area contributed by atoms with Crippen molar-refractivity contribution in [1.29, 1.82) is 0 Å². The Morgan fingerprint density at radius 2 is 2.00 bits per heavy atom. The summed E-state index contributed by atoms with van der Waals surface area (Å²) in [4.78, 5) is 4.64. The molecule has 0 spiro atoms. The van der Waals surface area contributed by atoms with Crippen LogP contribution < -0.4 is 11.1 Å². The maximum absolute atomic E-state index is 5.74. The molecule has 0 saturated heterocycles. The first-order chi connectivity index (χ1) is 8.58. The second-order valence-corrected chi connectivity index (χ2v) is 4.61. The van der Waals surface area contributed by atoms with Gasteiger partial charge >= 0.3 is 0 Å². The molecule has 1 aromatic carbocycles. The van der Waals surface area contributed by atoms with Crippen LogP contribution in [0, 0.1) is 13.8 Å². The first kappa shape index (κ1) is 12.5. The number of benzene rings is 1. The third kappa shape index (κ3) is 2.65. The van der Waals surface area contributed by atoms with Crippen molar-refractivity contribution in [1.82, 2.24) is 4.98 Å². The van der Waals surface area contributed by atoms with Gasteiger partial charge in [-0.2, -0.15) is 0 Å². The van der Waals surface area contributed by atoms with Crippen molar-refractivity contribution in [3.05, 3.63) is 53.3 Å². The lowest BCUT2D eigenvalue weighted by Crippen LogP contribution is -2.12. The number of hydrogen-bond acceptors (Lipinski definition) is 3. The SMILES string of the molecule is Cc1ccc(Nc2c(C)cccc2C(N)=S)cn1. The molecule has 2 aromatic rings. The van der Waals surface area contributed by atoms with Crippen molar-refractivity contribution in [3.8, 4) is 0 Å². The molecule has 1 aromatic heterocycles. The Morgan fingerprint density at radius 3 is 2.61 bits per heavy atom. The van der Waals surface area contributed by atoms with Crippen molar-refractivity contribution in [2.45, 2.75) is 13.8 Å². The predicted octanol–water partition coefficient (Wildman–Crippen LogP) is 3.08. The van der Waals surface area contributed by atoms with Crippen LogP contribution in [0.25, 0.3) is 0 Å². The number of thiocarbonyl (C=S) groups is 1. The highest BCUT2D eigenvalue weighted by atomic mass is 32.1. The van der Waals surface area contributed by atoms with Crippen molar-refractivity contribution < 1.29 is 0 Å². The standard InChI is InChI=1S/C14H15N3S/c1-9-4-3-5-12(14(15)18)13(9)17-11-7-6-10(2)16-8-11/h3-8,17H,1-2H3,(H2,15,18). The molecule has 2 rings (SSSR count). The van der Waals surface area contributed by atoms with E-state index in [9.17, 15) is 0 Å². The van der Waals surface area contributed by atoms with E-state index in [1.54, 1.807) is 6.20 Å². The summed E-state index contributed by atoms with van der Waals surface area (Å²) in [5, 5.41) is 3.32. The van der Waals surface area contributed by atoms with Crippen LogP contribution in [0.5, 0.6) is 0 Å². The number of nitrogens with zero attached hydrogens (tertiary/aromatic N) is 1. The van der Waals surface area contributed by atoms with E-state index in [2.05, 4.69) is 10.3 Å². The molecule has 0 aliphatic carbocycles. The minimum Gasteiger partial charge on any atom is -0.389 e. The number of pyridine rings is 1. The lowest BCUT2D eigenvalue weighted by atomic mass is 10.1. The van der Waals surface area contributed by atoms with Crippen LogP contribution in [0.2, 0.25) is 0 Å². The van der Waals surface area contributed by atoms with Gasteiger partial charge in [0, 0.05) is 11.3 Å². The topological polar surface area (TPSA) is 50.9 Å². The predicted molar refractivity (Wildman–Crippen MR) is 79.3 cm³/mol. The fraction of sp³-hybridized carbons (Fsp3) is 0.143. The molecule has 0 amide bonds. The molecule has 92 valence electrons. The molecule has 3 N–H and O–H groups in total. The Morgan fingerprint density at radius 1 is 1.22 bits per heavy atom. The molecule has 0 bridgehead atoms. The van der Waals surface area contributed by atoms with Crippen LogP contribution in [-0.2, 0) is 0 Å². The van der Waals surface area contributed by atoms with Crippen molar-refractivity contribution in [2.75, 3.05) is 5.32 Å². The van der Waals surface area contributed by atoms with Crippen LogP contribution >= 0.6 is 12.2 Å². The first-order valence-corrected chi connectivity index (χ1v) is 6.08. The van der Waals surface area contributed by atoms with E-state index < -0.39 is 0 Å². The largest absolute Gasteiger partial charge is 0.389 e. The molecule has 0 aliphatic heterocycles. The van der Waals surface area contributed by atoms with E-state index in [1.165, 1.54) is 0 Å². The quantitative estimate of drug-likeness (QED) is 0.830. The molecule has 1 heterocycles. The highest BCUT2D eigenvalue weighted by Crippen LogP contribution is 2.24. The molecule has 0 aliphatic rings. The van der Waals surface area contributed by atoms with Crippen molar-refractivity contribution in [3.63, 3.8) is 0 Å². The normalized spacial score (nSPS) is 10.1. The third-order valence-electron chi connectivity index (χ3n) is 2.72. The van der Waals surface area contributed by atoms with Gasteiger partial charge in [0.15, 0.2) is 0 Å². The molecule has 0 radical (unpaired) electrons. The molecule has 0 atom stereocenters. The summed E-state index contributed by atoms with van der Waals surface area (Å²) in [5.41, 5.74) is 10.5. The molecule has 0 saturated carbocycles. The Bertz CT molecular complexity index is 576. The summed E-state index contributed by atoms with van der Waals surface area (Å²) in [6, 6.07) is 9.83. The van der Waals surface area contributed by atoms with Gasteiger partial charge in [-0.15, -0.1) is 0 Å². The van der Waals surface area contributed by atoms with Crippen molar-refractivity contribution in [2.24, 2.45) is 5.73 Å². The number of para-hydroxylation sites is 1. The van der Waals surface area contributed by atoms with Crippen LogP contribution in [0.4, 0.5) is 11.4 Å². The average Bonchev–Trinajstić information content (AvgIpc) is 2.34. The summed E-state index contributed by atoms with van der Waals surface area (Å²) < 4.78 is 0. The summed E-state index contributed by atoms with van der Waals surface area (Å²) in [6.07, 6.45) is 1.80. The second-order valence-electron chi connectivity index (χ2n) is 4.17. The maximum atomic E-state index is 5.74. The summed E-state index contributed by atoms with van der Waals surface area (Å²) in [5.74, 6) is 0. The molecule has 4 heteroatoms.